The smallest absolute Gasteiger partial charge is 0.223 e. The van der Waals surface area contributed by atoms with Crippen molar-refractivity contribution in [3.05, 3.63) is 34.5 Å². The lowest BCUT2D eigenvalue weighted by molar-refractivity contribution is -0.126. The molecule has 0 radical (unpaired) electrons. The first-order chi connectivity index (χ1) is 11.2. The Morgan fingerprint density at radius 3 is 2.83 bits per heavy atom. The lowest BCUT2D eigenvalue weighted by atomic mass is 9.87. The molecule has 122 valence electrons. The molecule has 2 aliphatic rings. The maximum absolute atomic E-state index is 12.5. The SMILES string of the molecule is O=C(NC1CCc2[nH]c3ccc(Cl)cc3c2C1)C1CCCCC1. The summed E-state index contributed by atoms with van der Waals surface area (Å²) >= 11 is 6.16. The highest BCUT2D eigenvalue weighted by Crippen LogP contribution is 2.31. The summed E-state index contributed by atoms with van der Waals surface area (Å²) in [6, 6.07) is 6.27. The van der Waals surface area contributed by atoms with Crippen LogP contribution in [0.3, 0.4) is 0 Å². The van der Waals surface area contributed by atoms with Crippen molar-refractivity contribution < 1.29 is 4.79 Å². The molecule has 23 heavy (non-hydrogen) atoms. The molecular formula is C19H23ClN2O. The van der Waals surface area contributed by atoms with Crippen LogP contribution in [0, 0.1) is 5.92 Å². The van der Waals surface area contributed by atoms with Crippen LogP contribution < -0.4 is 5.32 Å². The van der Waals surface area contributed by atoms with Gasteiger partial charge in [-0.15, -0.1) is 0 Å². The number of H-pyrrole nitrogens is 1. The van der Waals surface area contributed by atoms with Gasteiger partial charge in [-0.05, 0) is 55.9 Å². The molecule has 4 rings (SSSR count). The summed E-state index contributed by atoms with van der Waals surface area (Å²) in [4.78, 5) is 16.0. The van der Waals surface area contributed by atoms with Crippen molar-refractivity contribution in [2.45, 2.75) is 57.4 Å². The monoisotopic (exact) mass is 330 g/mol. The van der Waals surface area contributed by atoms with E-state index in [1.807, 2.05) is 18.2 Å². The molecule has 0 saturated heterocycles. The Morgan fingerprint density at radius 2 is 2.00 bits per heavy atom. The average molecular weight is 331 g/mol. The first-order valence-electron chi connectivity index (χ1n) is 8.80. The Morgan fingerprint density at radius 1 is 1.17 bits per heavy atom. The van der Waals surface area contributed by atoms with Gasteiger partial charge in [-0.25, -0.2) is 0 Å². The highest BCUT2D eigenvalue weighted by Gasteiger charge is 2.27. The summed E-state index contributed by atoms with van der Waals surface area (Å²) in [6.07, 6.45) is 8.74. The summed E-state index contributed by atoms with van der Waals surface area (Å²) in [6.45, 7) is 0. The summed E-state index contributed by atoms with van der Waals surface area (Å²) in [5, 5.41) is 5.30. The van der Waals surface area contributed by atoms with Crippen LogP contribution in [0.5, 0.6) is 0 Å². The number of fused-ring (bicyclic) bond motifs is 3. The average Bonchev–Trinajstić information content (AvgIpc) is 2.93. The lowest BCUT2D eigenvalue weighted by Crippen LogP contribution is -2.42. The second-order valence-corrected chi connectivity index (χ2v) is 7.49. The van der Waals surface area contributed by atoms with Crippen LogP contribution in [0.1, 0.15) is 49.8 Å². The van der Waals surface area contributed by atoms with Gasteiger partial charge in [-0.3, -0.25) is 4.79 Å². The highest BCUT2D eigenvalue weighted by molar-refractivity contribution is 6.31. The molecule has 2 aliphatic carbocycles. The lowest BCUT2D eigenvalue weighted by Gasteiger charge is -2.27. The number of rotatable bonds is 2. The minimum Gasteiger partial charge on any atom is -0.358 e. The van der Waals surface area contributed by atoms with Gasteiger partial charge in [0.2, 0.25) is 5.91 Å². The summed E-state index contributed by atoms with van der Waals surface area (Å²) in [7, 11) is 0. The van der Waals surface area contributed by atoms with Crippen molar-refractivity contribution in [3.8, 4) is 0 Å². The fourth-order valence-corrected chi connectivity index (χ4v) is 4.37. The summed E-state index contributed by atoms with van der Waals surface area (Å²) < 4.78 is 0. The molecule has 3 nitrogen and oxygen atoms in total. The maximum Gasteiger partial charge on any atom is 0.223 e. The predicted molar refractivity (Wildman–Crippen MR) is 93.8 cm³/mol. The zero-order valence-electron chi connectivity index (χ0n) is 13.3. The van der Waals surface area contributed by atoms with E-state index >= 15 is 0 Å². The van der Waals surface area contributed by atoms with Crippen LogP contribution >= 0.6 is 11.6 Å². The minimum absolute atomic E-state index is 0.238. The highest BCUT2D eigenvalue weighted by atomic mass is 35.5. The van der Waals surface area contributed by atoms with Gasteiger partial charge in [-0.1, -0.05) is 30.9 Å². The van der Waals surface area contributed by atoms with Crippen molar-refractivity contribution in [2.24, 2.45) is 5.92 Å². The first-order valence-corrected chi connectivity index (χ1v) is 9.18. The van der Waals surface area contributed by atoms with E-state index in [9.17, 15) is 4.79 Å². The summed E-state index contributed by atoms with van der Waals surface area (Å²) in [5.74, 6) is 0.513. The molecule has 0 bridgehead atoms. The Labute approximate surface area is 141 Å². The number of aromatic nitrogens is 1. The van der Waals surface area contributed by atoms with Gasteiger partial charge in [0, 0.05) is 33.6 Å². The fraction of sp³-hybridized carbons (Fsp3) is 0.526. The van der Waals surface area contributed by atoms with Crippen molar-refractivity contribution in [3.63, 3.8) is 0 Å². The van der Waals surface area contributed by atoms with Crippen LogP contribution in [0.4, 0.5) is 0 Å². The molecule has 0 aliphatic heterocycles. The molecule has 2 aromatic rings. The number of benzene rings is 1. The number of carbonyl (C=O) groups excluding carboxylic acids is 1. The molecule has 1 saturated carbocycles. The molecule has 1 unspecified atom stereocenters. The number of carbonyl (C=O) groups is 1. The zero-order chi connectivity index (χ0) is 15.8. The molecular weight excluding hydrogens is 308 g/mol. The van der Waals surface area contributed by atoms with Gasteiger partial charge >= 0.3 is 0 Å². The van der Waals surface area contributed by atoms with Crippen LogP contribution in [0.15, 0.2) is 18.2 Å². The van der Waals surface area contributed by atoms with E-state index in [2.05, 4.69) is 10.3 Å². The molecule has 1 heterocycles. The fourth-order valence-electron chi connectivity index (χ4n) is 4.20. The van der Waals surface area contributed by atoms with Gasteiger partial charge in [0.15, 0.2) is 0 Å². The molecule has 1 atom stereocenters. The standard InChI is InChI=1S/C19H23ClN2O/c20-13-6-8-17-15(10-13)16-11-14(7-9-18(16)22-17)21-19(23)12-4-2-1-3-5-12/h6,8,10,12,14,22H,1-5,7,9,11H2,(H,21,23). The van der Waals surface area contributed by atoms with Gasteiger partial charge < -0.3 is 10.3 Å². The van der Waals surface area contributed by atoms with Crippen molar-refractivity contribution >= 4 is 28.4 Å². The van der Waals surface area contributed by atoms with E-state index in [1.54, 1.807) is 0 Å². The van der Waals surface area contributed by atoms with Crippen LogP contribution in [0.2, 0.25) is 5.02 Å². The molecule has 1 amide bonds. The number of nitrogens with one attached hydrogen (secondary N) is 2. The van der Waals surface area contributed by atoms with Gasteiger partial charge in [-0.2, -0.15) is 0 Å². The zero-order valence-corrected chi connectivity index (χ0v) is 14.1. The molecule has 2 N–H and O–H groups in total. The van der Waals surface area contributed by atoms with E-state index in [-0.39, 0.29) is 17.9 Å². The number of aryl methyl sites for hydroxylation is 1. The van der Waals surface area contributed by atoms with Crippen LogP contribution in [-0.4, -0.2) is 16.9 Å². The van der Waals surface area contributed by atoms with Crippen molar-refractivity contribution in [1.29, 1.82) is 0 Å². The van der Waals surface area contributed by atoms with Gasteiger partial charge in [0.25, 0.3) is 0 Å². The van der Waals surface area contributed by atoms with E-state index < -0.39 is 0 Å². The Balaban J connectivity index is 1.50. The topological polar surface area (TPSA) is 44.9 Å². The van der Waals surface area contributed by atoms with Gasteiger partial charge in [0.1, 0.15) is 0 Å². The normalized spacial score (nSPS) is 22.0. The molecule has 1 aromatic heterocycles. The number of halogens is 1. The second-order valence-electron chi connectivity index (χ2n) is 7.06. The van der Waals surface area contributed by atoms with Gasteiger partial charge in [0.05, 0.1) is 0 Å². The third-order valence-corrected chi connectivity index (χ3v) is 5.71. The summed E-state index contributed by atoms with van der Waals surface area (Å²) in [5.41, 5.74) is 3.80. The third-order valence-electron chi connectivity index (χ3n) is 5.47. The predicted octanol–water partition coefficient (Wildman–Crippen LogP) is 4.38. The van der Waals surface area contributed by atoms with Crippen LogP contribution in [0.25, 0.3) is 10.9 Å². The van der Waals surface area contributed by atoms with E-state index in [0.717, 1.165) is 42.6 Å². The van der Waals surface area contributed by atoms with Crippen molar-refractivity contribution in [1.82, 2.24) is 10.3 Å². The number of hydrogen-bond donors (Lipinski definition) is 2. The van der Waals surface area contributed by atoms with E-state index in [0.29, 0.717) is 0 Å². The molecule has 1 aromatic carbocycles. The number of amides is 1. The van der Waals surface area contributed by atoms with E-state index in [4.69, 9.17) is 11.6 Å². The van der Waals surface area contributed by atoms with Crippen LogP contribution in [-0.2, 0) is 17.6 Å². The van der Waals surface area contributed by atoms with Crippen molar-refractivity contribution in [2.75, 3.05) is 0 Å². The second kappa shape index (κ2) is 6.20. The Kier molecular flexibility index (Phi) is 4.06. The minimum atomic E-state index is 0.238. The third kappa shape index (κ3) is 2.99. The van der Waals surface area contributed by atoms with E-state index in [1.165, 1.54) is 35.9 Å². The number of hydrogen-bond acceptors (Lipinski definition) is 1. The molecule has 4 heteroatoms. The quantitative estimate of drug-likeness (QED) is 0.843. The maximum atomic E-state index is 12.5. The molecule has 0 spiro atoms. The largest absolute Gasteiger partial charge is 0.358 e. The Bertz CT molecular complexity index is 730. The number of aromatic amines is 1. The Hall–Kier alpha value is -1.48. The molecule has 1 fully saturated rings. The first kappa shape index (κ1) is 15.1.